The minimum atomic E-state index is -0.533. The van der Waals surface area contributed by atoms with Crippen molar-refractivity contribution in [2.75, 3.05) is 5.75 Å². The van der Waals surface area contributed by atoms with E-state index in [4.69, 9.17) is 16.3 Å². The molecule has 2 aliphatic rings. The van der Waals surface area contributed by atoms with Crippen molar-refractivity contribution in [1.29, 1.82) is 0 Å². The Hall–Kier alpha value is -2.96. The van der Waals surface area contributed by atoms with Gasteiger partial charge in [-0.05, 0) is 60.4 Å². The number of hydrogen-bond acceptors (Lipinski definition) is 4. The Balaban J connectivity index is 1.34. The van der Waals surface area contributed by atoms with Crippen LogP contribution in [0.25, 0.3) is 0 Å². The van der Waals surface area contributed by atoms with Crippen molar-refractivity contribution < 1.29 is 14.3 Å². The van der Waals surface area contributed by atoms with Gasteiger partial charge in [-0.2, -0.15) is 0 Å². The van der Waals surface area contributed by atoms with Crippen LogP contribution in [0.4, 0.5) is 0 Å². The summed E-state index contributed by atoms with van der Waals surface area (Å²) < 4.78 is 5.94. The average Bonchev–Trinajstić information content (AvgIpc) is 3.39. The lowest BCUT2D eigenvalue weighted by Gasteiger charge is -2.31. The fourth-order valence-corrected chi connectivity index (χ4v) is 6.52. The van der Waals surface area contributed by atoms with Crippen LogP contribution < -0.4 is 10.1 Å². The molecule has 2 unspecified atom stereocenters. The van der Waals surface area contributed by atoms with Crippen molar-refractivity contribution in [3.05, 3.63) is 101 Å². The molecule has 0 bridgehead atoms. The second-order valence-corrected chi connectivity index (χ2v) is 11.2. The zero-order valence-electron chi connectivity index (χ0n) is 20.6. The van der Waals surface area contributed by atoms with Gasteiger partial charge in [-0.15, -0.1) is 11.8 Å². The summed E-state index contributed by atoms with van der Waals surface area (Å²) in [5, 5.41) is 3.53. The molecular weight excluding hydrogens is 504 g/mol. The number of nitrogens with one attached hydrogen (secondary N) is 1. The lowest BCUT2D eigenvalue weighted by molar-refractivity contribution is -0.125. The van der Waals surface area contributed by atoms with E-state index in [2.05, 4.69) is 5.32 Å². The third-order valence-corrected chi connectivity index (χ3v) is 8.57. The predicted molar refractivity (Wildman–Crippen MR) is 149 cm³/mol. The average molecular weight is 535 g/mol. The molecule has 0 spiro atoms. The predicted octanol–water partition coefficient (Wildman–Crippen LogP) is 6.62. The highest BCUT2D eigenvalue weighted by Gasteiger charge is 2.43. The molecular formula is C30H31ClN2O3S. The molecule has 1 saturated carbocycles. The minimum Gasteiger partial charge on any atom is -0.489 e. The molecule has 7 heteroatoms. The first-order valence-electron chi connectivity index (χ1n) is 12.9. The Morgan fingerprint density at radius 1 is 0.919 bits per heavy atom. The molecule has 2 fully saturated rings. The van der Waals surface area contributed by atoms with E-state index in [0.29, 0.717) is 22.9 Å². The zero-order chi connectivity index (χ0) is 25.6. The summed E-state index contributed by atoms with van der Waals surface area (Å²) >= 11 is 7.68. The van der Waals surface area contributed by atoms with Crippen molar-refractivity contribution in [2.45, 2.75) is 56.2 Å². The lowest BCUT2D eigenvalue weighted by Crippen LogP contribution is -2.50. The fourth-order valence-electron chi connectivity index (χ4n) is 4.97. The molecule has 1 aliphatic carbocycles. The van der Waals surface area contributed by atoms with Crippen LogP contribution in [0, 0.1) is 0 Å². The summed E-state index contributed by atoms with van der Waals surface area (Å²) in [4.78, 5) is 28.9. The number of ether oxygens (including phenoxy) is 1. The number of halogens is 1. The second-order valence-electron chi connectivity index (χ2n) is 9.61. The summed E-state index contributed by atoms with van der Waals surface area (Å²) in [6, 6.07) is 24.4. The van der Waals surface area contributed by atoms with Gasteiger partial charge in [0.05, 0.1) is 0 Å². The SMILES string of the molecule is O=C(NC1CCCCC1)C1CSC(c2ccc(OCc3ccccc3)cc2)N1C(=O)c1ccc(Cl)cc1. The van der Waals surface area contributed by atoms with Gasteiger partial charge in [0.15, 0.2) is 0 Å². The van der Waals surface area contributed by atoms with Gasteiger partial charge in [0.1, 0.15) is 23.8 Å². The molecule has 1 heterocycles. The first kappa shape index (κ1) is 25.7. The Morgan fingerprint density at radius 3 is 2.32 bits per heavy atom. The molecule has 37 heavy (non-hydrogen) atoms. The van der Waals surface area contributed by atoms with Gasteiger partial charge in [0, 0.05) is 22.4 Å². The number of carbonyl (C=O) groups excluding carboxylic acids is 2. The van der Waals surface area contributed by atoms with Gasteiger partial charge in [0.2, 0.25) is 5.91 Å². The first-order valence-corrected chi connectivity index (χ1v) is 14.3. The molecule has 2 atom stereocenters. The van der Waals surface area contributed by atoms with Crippen LogP contribution in [-0.2, 0) is 11.4 Å². The van der Waals surface area contributed by atoms with E-state index >= 15 is 0 Å². The van der Waals surface area contributed by atoms with Gasteiger partial charge in [-0.3, -0.25) is 9.59 Å². The van der Waals surface area contributed by atoms with Gasteiger partial charge < -0.3 is 15.0 Å². The van der Waals surface area contributed by atoms with E-state index < -0.39 is 6.04 Å². The normalized spacial score (nSPS) is 20.0. The van der Waals surface area contributed by atoms with Crippen molar-refractivity contribution in [3.8, 4) is 5.75 Å². The monoisotopic (exact) mass is 534 g/mol. The van der Waals surface area contributed by atoms with E-state index in [-0.39, 0.29) is 23.2 Å². The molecule has 1 saturated heterocycles. The number of amides is 2. The highest BCUT2D eigenvalue weighted by atomic mass is 35.5. The third kappa shape index (κ3) is 6.31. The van der Waals surface area contributed by atoms with Gasteiger partial charge >= 0.3 is 0 Å². The number of thioether (sulfide) groups is 1. The highest BCUT2D eigenvalue weighted by Crippen LogP contribution is 2.43. The Morgan fingerprint density at radius 2 is 1.62 bits per heavy atom. The first-order chi connectivity index (χ1) is 18.1. The third-order valence-electron chi connectivity index (χ3n) is 6.99. The summed E-state index contributed by atoms with van der Waals surface area (Å²) in [6.07, 6.45) is 5.51. The molecule has 192 valence electrons. The van der Waals surface area contributed by atoms with Crippen molar-refractivity contribution in [2.24, 2.45) is 0 Å². The molecule has 3 aromatic carbocycles. The van der Waals surface area contributed by atoms with Crippen LogP contribution in [-0.4, -0.2) is 34.6 Å². The molecule has 5 rings (SSSR count). The lowest BCUT2D eigenvalue weighted by atomic mass is 9.95. The van der Waals surface area contributed by atoms with Gasteiger partial charge in [-0.1, -0.05) is 73.3 Å². The van der Waals surface area contributed by atoms with Crippen molar-refractivity contribution in [1.82, 2.24) is 10.2 Å². The number of rotatable bonds is 7. The van der Waals surface area contributed by atoms with Crippen molar-refractivity contribution >= 4 is 35.2 Å². The molecule has 0 aromatic heterocycles. The summed E-state index contributed by atoms with van der Waals surface area (Å²) in [6.45, 7) is 0.489. The van der Waals surface area contributed by atoms with Gasteiger partial charge in [0.25, 0.3) is 5.91 Å². The quantitative estimate of drug-likeness (QED) is 0.370. The molecule has 1 N–H and O–H groups in total. The minimum absolute atomic E-state index is 0.0629. The highest BCUT2D eigenvalue weighted by molar-refractivity contribution is 7.99. The molecule has 2 amide bonds. The van der Waals surface area contributed by atoms with E-state index in [1.807, 2.05) is 54.6 Å². The molecule has 5 nitrogen and oxygen atoms in total. The van der Waals surface area contributed by atoms with E-state index in [1.54, 1.807) is 40.9 Å². The molecule has 3 aromatic rings. The van der Waals surface area contributed by atoms with Crippen LogP contribution in [0.2, 0.25) is 5.02 Å². The number of carbonyl (C=O) groups is 2. The maximum absolute atomic E-state index is 13.7. The second kappa shape index (κ2) is 12.1. The number of hydrogen-bond donors (Lipinski definition) is 1. The Labute approximate surface area is 227 Å². The van der Waals surface area contributed by atoms with Crippen LogP contribution >= 0.6 is 23.4 Å². The van der Waals surface area contributed by atoms with Crippen LogP contribution in [0.5, 0.6) is 5.75 Å². The number of benzene rings is 3. The number of nitrogens with zero attached hydrogens (tertiary/aromatic N) is 1. The Kier molecular flexibility index (Phi) is 8.37. The van der Waals surface area contributed by atoms with Crippen LogP contribution in [0.15, 0.2) is 78.9 Å². The van der Waals surface area contributed by atoms with E-state index in [1.165, 1.54) is 6.42 Å². The maximum Gasteiger partial charge on any atom is 0.255 e. The molecule has 0 radical (unpaired) electrons. The topological polar surface area (TPSA) is 58.6 Å². The molecule has 1 aliphatic heterocycles. The smallest absolute Gasteiger partial charge is 0.255 e. The van der Waals surface area contributed by atoms with Crippen molar-refractivity contribution in [3.63, 3.8) is 0 Å². The zero-order valence-corrected chi connectivity index (χ0v) is 22.2. The van der Waals surface area contributed by atoms with E-state index in [9.17, 15) is 9.59 Å². The summed E-state index contributed by atoms with van der Waals surface area (Å²) in [5.74, 6) is 1.08. The van der Waals surface area contributed by atoms with E-state index in [0.717, 1.165) is 42.6 Å². The van der Waals surface area contributed by atoms with Gasteiger partial charge in [-0.25, -0.2) is 0 Å². The van der Waals surface area contributed by atoms with Crippen LogP contribution in [0.3, 0.4) is 0 Å². The maximum atomic E-state index is 13.7. The largest absolute Gasteiger partial charge is 0.489 e. The standard InChI is InChI=1S/C30H31ClN2O3S/c31-24-15-11-22(12-16-24)29(35)33-27(28(34)32-25-9-5-2-6-10-25)20-37-30(33)23-13-17-26(18-14-23)36-19-21-7-3-1-4-8-21/h1,3-4,7-8,11-18,25,27,30H,2,5-6,9-10,19-20H2,(H,32,34). The Bertz CT molecular complexity index is 1200. The van der Waals surface area contributed by atoms with Crippen LogP contribution in [0.1, 0.15) is 59.0 Å². The summed E-state index contributed by atoms with van der Waals surface area (Å²) in [5.41, 5.74) is 2.59. The fraction of sp³-hybridized carbons (Fsp3) is 0.333. The summed E-state index contributed by atoms with van der Waals surface area (Å²) in [7, 11) is 0.